The topological polar surface area (TPSA) is 49.6 Å². The predicted octanol–water partition coefficient (Wildman–Crippen LogP) is 2.56. The molecule has 0 bridgehead atoms. The van der Waals surface area contributed by atoms with E-state index in [0.29, 0.717) is 6.54 Å². The molecular weight excluding hydrogens is 344 g/mol. The average Bonchev–Trinajstić information content (AvgIpc) is 3.04. The van der Waals surface area contributed by atoms with Crippen LogP contribution in [0.15, 0.2) is 46.7 Å². The first kappa shape index (κ1) is 15.8. The number of hydrogen-bond acceptors (Lipinski definition) is 5. The zero-order valence-electron chi connectivity index (χ0n) is 13.0. The largest absolute Gasteiger partial charge is 0.314 e. The van der Waals surface area contributed by atoms with Crippen molar-refractivity contribution in [3.05, 3.63) is 68.5 Å². The van der Waals surface area contributed by atoms with E-state index in [2.05, 4.69) is 21.3 Å². The van der Waals surface area contributed by atoms with Crippen molar-refractivity contribution >= 4 is 27.9 Å². The lowest BCUT2D eigenvalue weighted by Gasteiger charge is -2.36. The number of hydrogen-bond donors (Lipinski definition) is 1. The SMILES string of the molecule is O=c1cc(CN2CCNCC2c2cccc(Cl)c2)nc2sccn12. The first-order valence-electron chi connectivity index (χ1n) is 7.87. The average molecular weight is 361 g/mol. The molecule has 0 aliphatic carbocycles. The van der Waals surface area contributed by atoms with Crippen LogP contribution in [0, 0.1) is 0 Å². The maximum atomic E-state index is 12.2. The summed E-state index contributed by atoms with van der Waals surface area (Å²) >= 11 is 7.63. The van der Waals surface area contributed by atoms with Crippen LogP contribution in [0.5, 0.6) is 0 Å². The summed E-state index contributed by atoms with van der Waals surface area (Å²) in [5, 5.41) is 6.06. The fourth-order valence-electron chi connectivity index (χ4n) is 3.16. The first-order chi connectivity index (χ1) is 11.7. The molecule has 1 atom stereocenters. The minimum atomic E-state index is -0.0225. The molecule has 0 amide bonds. The zero-order chi connectivity index (χ0) is 16.5. The molecule has 1 fully saturated rings. The molecule has 1 aromatic carbocycles. The van der Waals surface area contributed by atoms with Gasteiger partial charge in [-0.25, -0.2) is 4.98 Å². The number of fused-ring (bicyclic) bond motifs is 1. The van der Waals surface area contributed by atoms with E-state index in [9.17, 15) is 4.79 Å². The van der Waals surface area contributed by atoms with Gasteiger partial charge in [-0.2, -0.15) is 0 Å². The molecule has 3 aromatic rings. The minimum Gasteiger partial charge on any atom is -0.314 e. The molecule has 0 radical (unpaired) electrons. The number of aromatic nitrogens is 2. The Morgan fingerprint density at radius 2 is 2.29 bits per heavy atom. The Bertz CT molecular complexity index is 922. The Morgan fingerprint density at radius 3 is 3.17 bits per heavy atom. The Balaban J connectivity index is 1.64. The van der Waals surface area contributed by atoms with Crippen molar-refractivity contribution in [1.29, 1.82) is 0 Å². The number of benzene rings is 1. The third-order valence-electron chi connectivity index (χ3n) is 4.31. The third kappa shape index (κ3) is 3.10. The van der Waals surface area contributed by atoms with Gasteiger partial charge >= 0.3 is 0 Å². The van der Waals surface area contributed by atoms with E-state index in [4.69, 9.17) is 11.6 Å². The van der Waals surface area contributed by atoms with Crippen LogP contribution >= 0.6 is 22.9 Å². The standard InChI is InChI=1S/C17H17ClN4OS/c18-13-3-1-2-12(8-13)15-10-19-4-5-21(15)11-14-9-16(23)22-6-7-24-17(22)20-14/h1-3,6-9,15,19H,4-5,10-11H2. The summed E-state index contributed by atoms with van der Waals surface area (Å²) in [6.45, 7) is 3.35. The minimum absolute atomic E-state index is 0.0225. The third-order valence-corrected chi connectivity index (χ3v) is 5.30. The molecule has 1 aliphatic rings. The van der Waals surface area contributed by atoms with Gasteiger partial charge in [-0.15, -0.1) is 11.3 Å². The van der Waals surface area contributed by atoms with Crippen molar-refractivity contribution in [2.24, 2.45) is 0 Å². The van der Waals surface area contributed by atoms with E-state index in [1.165, 1.54) is 16.9 Å². The maximum Gasteiger partial charge on any atom is 0.258 e. The van der Waals surface area contributed by atoms with Crippen molar-refractivity contribution in [2.75, 3.05) is 19.6 Å². The molecule has 24 heavy (non-hydrogen) atoms. The van der Waals surface area contributed by atoms with Gasteiger partial charge in [0.25, 0.3) is 5.56 Å². The highest BCUT2D eigenvalue weighted by atomic mass is 35.5. The van der Waals surface area contributed by atoms with Gasteiger partial charge in [-0.1, -0.05) is 23.7 Å². The number of rotatable bonds is 3. The van der Waals surface area contributed by atoms with Crippen LogP contribution in [-0.4, -0.2) is 33.9 Å². The normalized spacial score (nSPS) is 19.0. The maximum absolute atomic E-state index is 12.2. The summed E-state index contributed by atoms with van der Waals surface area (Å²) in [5.74, 6) is 0. The second-order valence-electron chi connectivity index (χ2n) is 5.89. The Hall–Kier alpha value is -1.73. The van der Waals surface area contributed by atoms with Crippen LogP contribution < -0.4 is 10.9 Å². The molecule has 0 saturated carbocycles. The van der Waals surface area contributed by atoms with E-state index in [0.717, 1.165) is 35.3 Å². The summed E-state index contributed by atoms with van der Waals surface area (Å²) in [6, 6.07) is 9.84. The molecule has 1 unspecified atom stereocenters. The summed E-state index contributed by atoms with van der Waals surface area (Å²) in [7, 11) is 0. The van der Waals surface area contributed by atoms with Crippen LogP contribution in [0.1, 0.15) is 17.3 Å². The van der Waals surface area contributed by atoms with Gasteiger partial charge in [-0.3, -0.25) is 14.1 Å². The lowest BCUT2D eigenvalue weighted by atomic mass is 10.0. The summed E-state index contributed by atoms with van der Waals surface area (Å²) in [4.78, 5) is 19.9. The fourth-order valence-corrected chi connectivity index (χ4v) is 4.09. The van der Waals surface area contributed by atoms with Crippen LogP contribution in [0.4, 0.5) is 0 Å². The number of piperazine rings is 1. The van der Waals surface area contributed by atoms with Crippen LogP contribution in [0.25, 0.3) is 4.96 Å². The lowest BCUT2D eigenvalue weighted by molar-refractivity contribution is 0.152. The van der Waals surface area contributed by atoms with Gasteiger partial charge in [0.2, 0.25) is 0 Å². The van der Waals surface area contributed by atoms with Crippen LogP contribution in [-0.2, 0) is 6.54 Å². The molecule has 2 aromatic heterocycles. The van der Waals surface area contributed by atoms with Crippen molar-refractivity contribution in [3.63, 3.8) is 0 Å². The van der Waals surface area contributed by atoms with Gasteiger partial charge in [0.1, 0.15) is 0 Å². The number of halogens is 1. The Labute approximate surface area is 148 Å². The van der Waals surface area contributed by atoms with Gasteiger partial charge in [0.05, 0.1) is 5.69 Å². The van der Waals surface area contributed by atoms with Crippen molar-refractivity contribution in [2.45, 2.75) is 12.6 Å². The summed E-state index contributed by atoms with van der Waals surface area (Å²) in [6.07, 6.45) is 1.76. The molecule has 4 rings (SSSR count). The quantitative estimate of drug-likeness (QED) is 0.780. The van der Waals surface area contributed by atoms with E-state index in [1.807, 2.05) is 23.6 Å². The monoisotopic (exact) mass is 360 g/mol. The van der Waals surface area contributed by atoms with E-state index >= 15 is 0 Å². The number of thiazole rings is 1. The van der Waals surface area contributed by atoms with Gasteiger partial charge in [0, 0.05) is 54.9 Å². The van der Waals surface area contributed by atoms with Crippen LogP contribution in [0.3, 0.4) is 0 Å². The van der Waals surface area contributed by atoms with Gasteiger partial charge in [0.15, 0.2) is 4.96 Å². The van der Waals surface area contributed by atoms with Gasteiger partial charge < -0.3 is 5.32 Å². The van der Waals surface area contributed by atoms with E-state index < -0.39 is 0 Å². The molecule has 5 nitrogen and oxygen atoms in total. The van der Waals surface area contributed by atoms with Crippen molar-refractivity contribution in [3.8, 4) is 0 Å². The summed E-state index contributed by atoms with van der Waals surface area (Å²) < 4.78 is 1.58. The molecule has 0 spiro atoms. The van der Waals surface area contributed by atoms with Crippen molar-refractivity contribution in [1.82, 2.24) is 19.6 Å². The molecule has 1 saturated heterocycles. The fraction of sp³-hybridized carbons (Fsp3) is 0.294. The molecule has 3 heterocycles. The van der Waals surface area contributed by atoms with E-state index in [1.54, 1.807) is 16.7 Å². The lowest BCUT2D eigenvalue weighted by Crippen LogP contribution is -2.45. The van der Waals surface area contributed by atoms with Crippen molar-refractivity contribution < 1.29 is 0 Å². The molecule has 124 valence electrons. The highest BCUT2D eigenvalue weighted by molar-refractivity contribution is 7.15. The van der Waals surface area contributed by atoms with Crippen LogP contribution in [0.2, 0.25) is 5.02 Å². The molecule has 7 heteroatoms. The first-order valence-corrected chi connectivity index (χ1v) is 9.12. The highest BCUT2D eigenvalue weighted by Crippen LogP contribution is 2.26. The smallest absolute Gasteiger partial charge is 0.258 e. The summed E-state index contributed by atoms with van der Waals surface area (Å²) in [5.41, 5.74) is 1.98. The second-order valence-corrected chi connectivity index (χ2v) is 7.20. The second kappa shape index (κ2) is 6.64. The highest BCUT2D eigenvalue weighted by Gasteiger charge is 2.24. The molecule has 1 N–H and O–H groups in total. The number of nitrogens with one attached hydrogen (secondary N) is 1. The molecular formula is C17H17ClN4OS. The Kier molecular flexibility index (Phi) is 4.37. The van der Waals surface area contributed by atoms with Gasteiger partial charge in [-0.05, 0) is 17.7 Å². The number of nitrogens with zero attached hydrogens (tertiary/aromatic N) is 3. The Morgan fingerprint density at radius 1 is 1.38 bits per heavy atom. The van der Waals surface area contributed by atoms with E-state index in [-0.39, 0.29) is 11.6 Å². The molecule has 1 aliphatic heterocycles. The predicted molar refractivity (Wildman–Crippen MR) is 96.8 cm³/mol. The zero-order valence-corrected chi connectivity index (χ0v) is 14.6.